The third-order valence-electron chi connectivity index (χ3n) is 3.99. The summed E-state index contributed by atoms with van der Waals surface area (Å²) in [6.07, 6.45) is 0. The highest BCUT2D eigenvalue weighted by molar-refractivity contribution is 7.99. The molecule has 2 heterocycles. The van der Waals surface area contributed by atoms with Crippen LogP contribution < -0.4 is 4.74 Å². The topological polar surface area (TPSA) is 64.6 Å². The van der Waals surface area contributed by atoms with Crippen LogP contribution in [0, 0.1) is 0 Å². The molecule has 134 valence electrons. The summed E-state index contributed by atoms with van der Waals surface area (Å²) in [5.74, 6) is 2.27. The minimum atomic E-state index is 0.0542. The second-order valence-corrected chi connectivity index (χ2v) is 7.13. The van der Waals surface area contributed by atoms with E-state index in [-0.39, 0.29) is 6.61 Å². The fourth-order valence-corrected chi connectivity index (χ4v) is 3.76. The van der Waals surface area contributed by atoms with Gasteiger partial charge in [-0.25, -0.2) is 0 Å². The third kappa shape index (κ3) is 3.25. The number of aliphatic hydroxyl groups excluding tert-OH is 1. The number of halogens is 1. The van der Waals surface area contributed by atoms with Crippen LogP contribution in [0.15, 0.2) is 53.7 Å². The quantitative estimate of drug-likeness (QED) is 0.388. The number of ether oxygens (including phenoxy) is 1. The lowest BCUT2D eigenvalue weighted by atomic mass is 10.3. The third-order valence-corrected chi connectivity index (χ3v) is 5.14. The Kier molecular flexibility index (Phi) is 5.01. The van der Waals surface area contributed by atoms with Crippen LogP contribution >= 0.6 is 23.4 Å². The normalized spacial score (nSPS) is 11.5. The van der Waals surface area contributed by atoms with Gasteiger partial charge in [0, 0.05) is 17.3 Å². The number of thioether (sulfide) groups is 1. The van der Waals surface area contributed by atoms with Gasteiger partial charge in [-0.3, -0.25) is 4.40 Å². The molecule has 0 atom stereocenters. The summed E-state index contributed by atoms with van der Waals surface area (Å²) in [5.41, 5.74) is 2.06. The number of hydrogen-bond donors (Lipinski definition) is 1. The summed E-state index contributed by atoms with van der Waals surface area (Å²) in [5, 5.41) is 19.5. The van der Waals surface area contributed by atoms with Gasteiger partial charge >= 0.3 is 0 Å². The number of nitrogens with zero attached hydrogens (tertiary/aromatic N) is 4. The number of imidazole rings is 1. The zero-order valence-electron chi connectivity index (χ0n) is 13.9. The van der Waals surface area contributed by atoms with E-state index in [2.05, 4.69) is 10.2 Å². The minimum absolute atomic E-state index is 0.0542. The Morgan fingerprint density at radius 3 is 2.58 bits per heavy atom. The molecule has 0 spiro atoms. The molecule has 0 aliphatic rings. The van der Waals surface area contributed by atoms with Crippen molar-refractivity contribution in [2.75, 3.05) is 19.0 Å². The summed E-state index contributed by atoms with van der Waals surface area (Å²) in [6, 6.07) is 15.4. The summed E-state index contributed by atoms with van der Waals surface area (Å²) >= 11 is 7.46. The van der Waals surface area contributed by atoms with Crippen LogP contribution in [0.5, 0.6) is 5.75 Å². The Morgan fingerprint density at radius 2 is 1.81 bits per heavy atom. The molecule has 26 heavy (non-hydrogen) atoms. The van der Waals surface area contributed by atoms with Crippen molar-refractivity contribution < 1.29 is 9.84 Å². The Balaban J connectivity index is 1.52. The van der Waals surface area contributed by atoms with Crippen molar-refractivity contribution in [3.8, 4) is 5.75 Å². The first-order chi connectivity index (χ1) is 12.8. The minimum Gasteiger partial charge on any atom is -0.493 e. The van der Waals surface area contributed by atoms with Gasteiger partial charge in [0.1, 0.15) is 5.75 Å². The van der Waals surface area contributed by atoms with Gasteiger partial charge in [-0.2, -0.15) is 0 Å². The molecule has 0 bridgehead atoms. The van der Waals surface area contributed by atoms with E-state index in [0.29, 0.717) is 18.2 Å². The van der Waals surface area contributed by atoms with Gasteiger partial charge in [-0.1, -0.05) is 35.5 Å². The molecular formula is C18H17ClN4O2S. The van der Waals surface area contributed by atoms with Crippen molar-refractivity contribution >= 4 is 40.2 Å². The molecule has 2 aromatic carbocycles. The monoisotopic (exact) mass is 388 g/mol. The molecule has 0 aliphatic carbocycles. The van der Waals surface area contributed by atoms with Crippen molar-refractivity contribution in [2.24, 2.45) is 0 Å². The lowest BCUT2D eigenvalue weighted by molar-refractivity contribution is 0.279. The van der Waals surface area contributed by atoms with Crippen LogP contribution in [0.25, 0.3) is 16.8 Å². The number of para-hydroxylation sites is 2. The van der Waals surface area contributed by atoms with Crippen LogP contribution in [0.2, 0.25) is 5.02 Å². The Hall–Kier alpha value is -2.22. The van der Waals surface area contributed by atoms with E-state index in [1.54, 1.807) is 11.8 Å². The average molecular weight is 389 g/mol. The maximum absolute atomic E-state index is 9.35. The maximum atomic E-state index is 9.35. The van der Waals surface area contributed by atoms with E-state index in [4.69, 9.17) is 16.3 Å². The van der Waals surface area contributed by atoms with E-state index < -0.39 is 0 Å². The Morgan fingerprint density at radius 1 is 1.04 bits per heavy atom. The number of hydrogen-bond acceptors (Lipinski definition) is 5. The second-order valence-electron chi connectivity index (χ2n) is 5.63. The first-order valence-corrected chi connectivity index (χ1v) is 9.58. The fourth-order valence-electron chi connectivity index (χ4n) is 2.87. The second kappa shape index (κ2) is 7.57. The lowest BCUT2D eigenvalue weighted by Crippen LogP contribution is -2.02. The van der Waals surface area contributed by atoms with E-state index >= 15 is 0 Å². The van der Waals surface area contributed by atoms with Crippen molar-refractivity contribution in [2.45, 2.75) is 11.7 Å². The first kappa shape index (κ1) is 17.2. The molecule has 0 saturated carbocycles. The van der Waals surface area contributed by atoms with E-state index in [1.165, 1.54) is 0 Å². The van der Waals surface area contributed by atoms with Crippen LogP contribution in [-0.2, 0) is 6.54 Å². The summed E-state index contributed by atoms with van der Waals surface area (Å²) in [7, 11) is 0. The Bertz CT molecular complexity index is 1030. The smallest absolute Gasteiger partial charge is 0.237 e. The van der Waals surface area contributed by atoms with Gasteiger partial charge in [0.15, 0.2) is 5.16 Å². The molecule has 8 heteroatoms. The number of fused-ring (bicyclic) bond motifs is 3. The van der Waals surface area contributed by atoms with Crippen molar-refractivity contribution in [3.05, 3.63) is 53.6 Å². The number of rotatable bonds is 7. The molecular weight excluding hydrogens is 372 g/mol. The molecule has 6 nitrogen and oxygen atoms in total. The Labute approximate surface area is 159 Å². The van der Waals surface area contributed by atoms with Crippen molar-refractivity contribution in [3.63, 3.8) is 0 Å². The zero-order chi connectivity index (χ0) is 17.9. The van der Waals surface area contributed by atoms with E-state index in [1.807, 2.05) is 57.5 Å². The predicted octanol–water partition coefficient (Wildman–Crippen LogP) is 3.50. The summed E-state index contributed by atoms with van der Waals surface area (Å²) < 4.78 is 9.74. The van der Waals surface area contributed by atoms with Crippen LogP contribution in [0.4, 0.5) is 0 Å². The fraction of sp³-hybridized carbons (Fsp3) is 0.222. The van der Waals surface area contributed by atoms with Gasteiger partial charge in [0.2, 0.25) is 5.78 Å². The highest BCUT2D eigenvalue weighted by Gasteiger charge is 2.16. The van der Waals surface area contributed by atoms with Gasteiger partial charge in [0.25, 0.3) is 0 Å². The molecule has 0 aliphatic heterocycles. The van der Waals surface area contributed by atoms with Crippen LogP contribution in [0.3, 0.4) is 0 Å². The zero-order valence-corrected chi connectivity index (χ0v) is 15.5. The standard InChI is InChI=1S/C18H17ClN4O2S/c19-13-5-7-14(8-6-13)25-11-12-26-18-21-20-17-22(9-10-24)15-3-1-2-4-16(15)23(17)18/h1-8,24H,9-12H2. The van der Waals surface area contributed by atoms with E-state index in [9.17, 15) is 5.11 Å². The highest BCUT2D eigenvalue weighted by atomic mass is 35.5. The van der Waals surface area contributed by atoms with Crippen molar-refractivity contribution in [1.82, 2.24) is 19.2 Å². The molecule has 0 radical (unpaired) electrons. The number of aliphatic hydroxyl groups is 1. The molecule has 0 amide bonds. The molecule has 2 aromatic heterocycles. The van der Waals surface area contributed by atoms with Gasteiger partial charge in [-0.15, -0.1) is 10.2 Å². The predicted molar refractivity (Wildman–Crippen MR) is 103 cm³/mol. The maximum Gasteiger partial charge on any atom is 0.237 e. The van der Waals surface area contributed by atoms with E-state index in [0.717, 1.165) is 33.5 Å². The number of aromatic nitrogens is 4. The van der Waals surface area contributed by atoms with Gasteiger partial charge < -0.3 is 14.4 Å². The van der Waals surface area contributed by atoms with Gasteiger partial charge in [0.05, 0.1) is 24.2 Å². The molecule has 1 N–H and O–H groups in total. The lowest BCUT2D eigenvalue weighted by Gasteiger charge is -2.05. The molecule has 4 rings (SSSR count). The average Bonchev–Trinajstić information content (AvgIpc) is 3.20. The largest absolute Gasteiger partial charge is 0.493 e. The molecule has 0 fully saturated rings. The molecule has 0 unspecified atom stereocenters. The van der Waals surface area contributed by atoms with Gasteiger partial charge in [-0.05, 0) is 36.4 Å². The van der Waals surface area contributed by atoms with Crippen molar-refractivity contribution in [1.29, 1.82) is 0 Å². The highest BCUT2D eigenvalue weighted by Crippen LogP contribution is 2.26. The SMILES string of the molecule is OCCn1c2ccccc2n2c(SCCOc3ccc(Cl)cc3)nnc12. The first-order valence-electron chi connectivity index (χ1n) is 8.22. The summed E-state index contributed by atoms with van der Waals surface area (Å²) in [6.45, 7) is 1.09. The van der Waals surface area contributed by atoms with Crippen LogP contribution in [0.1, 0.15) is 0 Å². The van der Waals surface area contributed by atoms with Crippen LogP contribution in [-0.4, -0.2) is 43.2 Å². The molecule has 4 aromatic rings. The number of benzene rings is 2. The molecule has 0 saturated heterocycles. The summed E-state index contributed by atoms with van der Waals surface area (Å²) in [4.78, 5) is 0.